The minimum Gasteiger partial charge on any atom is -0.492 e. The highest BCUT2D eigenvalue weighted by molar-refractivity contribution is 14.0. The zero-order valence-corrected chi connectivity index (χ0v) is 16.3. The number of guanidine groups is 1. The molecule has 1 aliphatic heterocycles. The van der Waals surface area contributed by atoms with Gasteiger partial charge < -0.3 is 24.4 Å². The highest BCUT2D eigenvalue weighted by Crippen LogP contribution is 2.34. The predicted octanol–water partition coefficient (Wildman–Crippen LogP) is 2.72. The number of rotatable bonds is 7. The summed E-state index contributed by atoms with van der Waals surface area (Å²) in [5, 5.41) is 3.30. The molecule has 130 valence electrons. The maximum absolute atomic E-state index is 5.72. The molecular weight excluding hydrogens is 409 g/mol. The van der Waals surface area contributed by atoms with Crippen molar-refractivity contribution in [3.63, 3.8) is 0 Å². The third-order valence-electron chi connectivity index (χ3n) is 3.42. The summed E-state index contributed by atoms with van der Waals surface area (Å²) in [6, 6.07) is 5.60. The fraction of sp³-hybridized carbons (Fsp3) is 0.562. The van der Waals surface area contributed by atoms with Crippen LogP contribution in [0.2, 0.25) is 0 Å². The van der Waals surface area contributed by atoms with E-state index in [-0.39, 0.29) is 30.8 Å². The summed E-state index contributed by atoms with van der Waals surface area (Å²) in [6.45, 7) is 4.71. The lowest BCUT2D eigenvalue weighted by molar-refractivity contribution is 0.173. The average Bonchev–Trinajstić information content (AvgIpc) is 3.00. The molecule has 0 bridgehead atoms. The number of ether oxygens (including phenoxy) is 3. The van der Waals surface area contributed by atoms with E-state index in [1.54, 1.807) is 7.05 Å². The van der Waals surface area contributed by atoms with Crippen molar-refractivity contribution in [1.82, 2.24) is 10.2 Å². The van der Waals surface area contributed by atoms with Crippen molar-refractivity contribution in [3.8, 4) is 17.2 Å². The summed E-state index contributed by atoms with van der Waals surface area (Å²) in [7, 11) is 3.84. The highest BCUT2D eigenvalue weighted by atomic mass is 127. The van der Waals surface area contributed by atoms with Crippen LogP contribution in [0.3, 0.4) is 0 Å². The van der Waals surface area contributed by atoms with Crippen molar-refractivity contribution in [2.24, 2.45) is 4.99 Å². The van der Waals surface area contributed by atoms with Gasteiger partial charge >= 0.3 is 0 Å². The van der Waals surface area contributed by atoms with Gasteiger partial charge in [0.15, 0.2) is 17.5 Å². The van der Waals surface area contributed by atoms with Gasteiger partial charge in [-0.1, -0.05) is 13.3 Å². The average molecular weight is 435 g/mol. The van der Waals surface area contributed by atoms with Crippen LogP contribution in [0.1, 0.15) is 19.8 Å². The van der Waals surface area contributed by atoms with E-state index in [1.807, 2.05) is 25.2 Å². The molecule has 0 radical (unpaired) electrons. The van der Waals surface area contributed by atoms with E-state index >= 15 is 0 Å². The van der Waals surface area contributed by atoms with Gasteiger partial charge in [-0.3, -0.25) is 4.99 Å². The van der Waals surface area contributed by atoms with Crippen LogP contribution in [0.25, 0.3) is 0 Å². The molecule has 0 spiro atoms. The normalized spacial score (nSPS) is 12.6. The van der Waals surface area contributed by atoms with Crippen LogP contribution in [0.15, 0.2) is 23.2 Å². The molecule has 0 saturated carbocycles. The Balaban J connectivity index is 0.00000264. The molecule has 0 aliphatic carbocycles. The zero-order valence-electron chi connectivity index (χ0n) is 14.0. The molecule has 0 aromatic heterocycles. The van der Waals surface area contributed by atoms with Gasteiger partial charge in [0.2, 0.25) is 6.79 Å². The molecule has 23 heavy (non-hydrogen) atoms. The molecule has 6 nitrogen and oxygen atoms in total. The van der Waals surface area contributed by atoms with Crippen molar-refractivity contribution < 1.29 is 14.2 Å². The van der Waals surface area contributed by atoms with Gasteiger partial charge in [0, 0.05) is 26.7 Å². The maximum Gasteiger partial charge on any atom is 0.231 e. The number of nitrogens with one attached hydrogen (secondary N) is 1. The zero-order chi connectivity index (χ0) is 15.8. The molecule has 1 aromatic rings. The lowest BCUT2D eigenvalue weighted by Gasteiger charge is -2.21. The molecule has 7 heteroatoms. The number of aliphatic imine (C=N–C) groups is 1. The van der Waals surface area contributed by atoms with E-state index in [2.05, 4.69) is 22.1 Å². The number of fused-ring (bicyclic) bond motifs is 1. The lowest BCUT2D eigenvalue weighted by Crippen LogP contribution is -2.41. The molecule has 2 rings (SSSR count). The Morgan fingerprint density at radius 3 is 2.87 bits per heavy atom. The molecular formula is C16H26IN3O3. The number of hydrogen-bond acceptors (Lipinski definition) is 4. The topological polar surface area (TPSA) is 55.3 Å². The molecule has 1 aromatic carbocycles. The van der Waals surface area contributed by atoms with Crippen molar-refractivity contribution in [2.75, 3.05) is 40.6 Å². The lowest BCUT2D eigenvalue weighted by atomic mass is 10.3. The SMILES string of the molecule is CCCCN(C)C(=NC)NCCOc1ccc2c(c1)OCO2.I. The van der Waals surface area contributed by atoms with Crippen molar-refractivity contribution in [2.45, 2.75) is 19.8 Å². The third kappa shape index (κ3) is 5.96. The highest BCUT2D eigenvalue weighted by Gasteiger charge is 2.13. The molecule has 1 aliphatic rings. The second-order valence-electron chi connectivity index (χ2n) is 5.11. The quantitative estimate of drug-likeness (QED) is 0.309. The molecule has 0 amide bonds. The monoisotopic (exact) mass is 435 g/mol. The number of halogens is 1. The Labute approximate surface area is 155 Å². The summed E-state index contributed by atoms with van der Waals surface area (Å²) in [6.07, 6.45) is 2.33. The van der Waals surface area contributed by atoms with E-state index in [9.17, 15) is 0 Å². The van der Waals surface area contributed by atoms with Crippen molar-refractivity contribution >= 4 is 29.9 Å². The third-order valence-corrected chi connectivity index (χ3v) is 3.42. The van der Waals surface area contributed by atoms with Crippen LogP contribution in [-0.4, -0.2) is 51.4 Å². The van der Waals surface area contributed by atoms with Gasteiger partial charge in [-0.15, -0.1) is 24.0 Å². The standard InChI is InChI=1S/C16H25N3O3.HI/c1-4-5-9-19(3)16(17-2)18-8-10-20-13-6-7-14-15(11-13)22-12-21-14;/h6-7,11H,4-5,8-10,12H2,1-3H3,(H,17,18);1H. The summed E-state index contributed by atoms with van der Waals surface area (Å²) in [5.41, 5.74) is 0. The summed E-state index contributed by atoms with van der Waals surface area (Å²) in [4.78, 5) is 6.40. The molecule has 1 heterocycles. The second kappa shape index (κ2) is 10.4. The van der Waals surface area contributed by atoms with Crippen LogP contribution < -0.4 is 19.5 Å². The van der Waals surface area contributed by atoms with E-state index in [1.165, 1.54) is 6.42 Å². The van der Waals surface area contributed by atoms with E-state index in [4.69, 9.17) is 14.2 Å². The van der Waals surface area contributed by atoms with E-state index in [0.29, 0.717) is 13.2 Å². The Hall–Kier alpha value is -1.38. The van der Waals surface area contributed by atoms with Crippen LogP contribution in [-0.2, 0) is 0 Å². The Morgan fingerprint density at radius 2 is 2.13 bits per heavy atom. The van der Waals surface area contributed by atoms with Gasteiger partial charge in [-0.25, -0.2) is 0 Å². The summed E-state index contributed by atoms with van der Waals surface area (Å²) >= 11 is 0. The molecule has 1 N–H and O–H groups in total. The maximum atomic E-state index is 5.72. The van der Waals surface area contributed by atoms with Gasteiger partial charge in [0.05, 0.1) is 6.54 Å². The van der Waals surface area contributed by atoms with Gasteiger partial charge in [0.1, 0.15) is 12.4 Å². The molecule has 0 atom stereocenters. The van der Waals surface area contributed by atoms with Crippen LogP contribution in [0, 0.1) is 0 Å². The molecule has 0 unspecified atom stereocenters. The van der Waals surface area contributed by atoms with E-state index in [0.717, 1.165) is 36.2 Å². The first-order valence-electron chi connectivity index (χ1n) is 7.68. The number of benzene rings is 1. The number of unbranched alkanes of at least 4 members (excludes halogenated alkanes) is 1. The molecule has 0 fully saturated rings. The second-order valence-corrected chi connectivity index (χ2v) is 5.11. The largest absolute Gasteiger partial charge is 0.492 e. The first-order chi connectivity index (χ1) is 10.7. The van der Waals surface area contributed by atoms with Crippen molar-refractivity contribution in [1.29, 1.82) is 0 Å². The Bertz CT molecular complexity index is 511. The number of nitrogens with zero attached hydrogens (tertiary/aromatic N) is 2. The van der Waals surface area contributed by atoms with E-state index < -0.39 is 0 Å². The fourth-order valence-corrected chi connectivity index (χ4v) is 2.18. The first kappa shape index (κ1) is 19.7. The fourth-order valence-electron chi connectivity index (χ4n) is 2.18. The van der Waals surface area contributed by atoms with Crippen LogP contribution in [0.4, 0.5) is 0 Å². The Kier molecular flexibility index (Phi) is 8.90. The summed E-state index contributed by atoms with van der Waals surface area (Å²) < 4.78 is 16.3. The minimum atomic E-state index is 0. The summed E-state index contributed by atoms with van der Waals surface area (Å²) in [5.74, 6) is 3.17. The first-order valence-corrected chi connectivity index (χ1v) is 7.68. The van der Waals surface area contributed by atoms with Crippen LogP contribution >= 0.6 is 24.0 Å². The van der Waals surface area contributed by atoms with Gasteiger partial charge in [-0.2, -0.15) is 0 Å². The predicted molar refractivity (Wildman–Crippen MR) is 102 cm³/mol. The van der Waals surface area contributed by atoms with Gasteiger partial charge in [0.25, 0.3) is 0 Å². The Morgan fingerprint density at radius 1 is 1.35 bits per heavy atom. The van der Waals surface area contributed by atoms with Crippen LogP contribution in [0.5, 0.6) is 17.2 Å². The number of hydrogen-bond donors (Lipinski definition) is 1. The van der Waals surface area contributed by atoms with Crippen molar-refractivity contribution in [3.05, 3.63) is 18.2 Å². The minimum absolute atomic E-state index is 0. The van der Waals surface area contributed by atoms with Gasteiger partial charge in [-0.05, 0) is 18.6 Å². The molecule has 0 saturated heterocycles. The smallest absolute Gasteiger partial charge is 0.231 e.